The molecule has 1 aromatic rings. The predicted octanol–water partition coefficient (Wildman–Crippen LogP) is 3.65. The van der Waals surface area contributed by atoms with Crippen LogP contribution in [0.5, 0.6) is 0 Å². The van der Waals surface area contributed by atoms with Crippen LogP contribution in [0, 0.1) is 5.92 Å². The van der Waals surface area contributed by atoms with E-state index in [4.69, 9.17) is 0 Å². The smallest absolute Gasteiger partial charge is 0.191 e. The number of rotatable bonds is 7. The topological polar surface area (TPSA) is 39.7 Å². The normalized spacial score (nSPS) is 16.8. The summed E-state index contributed by atoms with van der Waals surface area (Å²) < 4.78 is 0. The molecule has 0 aromatic heterocycles. The van der Waals surface area contributed by atoms with Gasteiger partial charge in [-0.15, -0.1) is 24.0 Å². The summed E-state index contributed by atoms with van der Waals surface area (Å²) in [5.74, 6) is 1.62. The maximum atomic E-state index is 4.35. The third-order valence-electron chi connectivity index (χ3n) is 4.47. The van der Waals surface area contributed by atoms with Gasteiger partial charge in [-0.3, -0.25) is 9.89 Å². The molecule has 2 N–H and O–H groups in total. The lowest BCUT2D eigenvalue weighted by atomic mass is 10.1. The van der Waals surface area contributed by atoms with Gasteiger partial charge in [-0.25, -0.2) is 0 Å². The van der Waals surface area contributed by atoms with Gasteiger partial charge >= 0.3 is 0 Å². The van der Waals surface area contributed by atoms with Gasteiger partial charge in [-0.2, -0.15) is 0 Å². The largest absolute Gasteiger partial charge is 0.356 e. The van der Waals surface area contributed by atoms with Gasteiger partial charge < -0.3 is 10.6 Å². The van der Waals surface area contributed by atoms with Crippen molar-refractivity contribution in [3.8, 4) is 0 Å². The molecule has 5 heteroatoms. The fourth-order valence-corrected chi connectivity index (χ4v) is 3.08. The first-order valence-electron chi connectivity index (χ1n) is 8.94. The number of likely N-dealkylation sites (tertiary alicyclic amines) is 1. The lowest BCUT2D eigenvalue weighted by Crippen LogP contribution is -2.43. The Bertz CT molecular complexity index is 470. The third-order valence-corrected chi connectivity index (χ3v) is 4.47. The van der Waals surface area contributed by atoms with Crippen LogP contribution in [0.4, 0.5) is 0 Å². The molecular weight excluding hydrogens is 411 g/mol. The van der Waals surface area contributed by atoms with E-state index in [1.54, 1.807) is 0 Å². The van der Waals surface area contributed by atoms with Gasteiger partial charge in [0, 0.05) is 20.1 Å². The second kappa shape index (κ2) is 11.7. The maximum Gasteiger partial charge on any atom is 0.191 e. The summed E-state index contributed by atoms with van der Waals surface area (Å²) in [7, 11) is 1.85. The van der Waals surface area contributed by atoms with Crippen molar-refractivity contribution in [2.45, 2.75) is 39.2 Å². The van der Waals surface area contributed by atoms with E-state index in [9.17, 15) is 0 Å². The molecule has 0 radical (unpaired) electrons. The highest BCUT2D eigenvalue weighted by Crippen LogP contribution is 2.24. The van der Waals surface area contributed by atoms with Crippen molar-refractivity contribution in [1.29, 1.82) is 0 Å². The molecule has 1 fully saturated rings. The molecule has 0 spiro atoms. The second-order valence-corrected chi connectivity index (χ2v) is 6.73. The highest BCUT2D eigenvalue weighted by molar-refractivity contribution is 14.0. The minimum atomic E-state index is 0. The van der Waals surface area contributed by atoms with E-state index in [0.29, 0.717) is 12.0 Å². The molecule has 1 aromatic carbocycles. The van der Waals surface area contributed by atoms with Gasteiger partial charge in [0.25, 0.3) is 0 Å². The maximum absolute atomic E-state index is 4.35. The van der Waals surface area contributed by atoms with Crippen molar-refractivity contribution < 1.29 is 0 Å². The molecule has 1 saturated heterocycles. The van der Waals surface area contributed by atoms with Crippen molar-refractivity contribution >= 4 is 29.9 Å². The molecule has 0 aliphatic carbocycles. The summed E-state index contributed by atoms with van der Waals surface area (Å²) >= 11 is 0. The van der Waals surface area contributed by atoms with E-state index in [-0.39, 0.29) is 24.0 Å². The van der Waals surface area contributed by atoms with Crippen molar-refractivity contribution in [1.82, 2.24) is 15.5 Å². The first-order valence-corrected chi connectivity index (χ1v) is 8.94. The van der Waals surface area contributed by atoms with E-state index < -0.39 is 0 Å². The monoisotopic (exact) mass is 444 g/mol. The molecule has 4 nitrogen and oxygen atoms in total. The van der Waals surface area contributed by atoms with Crippen molar-refractivity contribution in [3.05, 3.63) is 35.9 Å². The average molecular weight is 444 g/mol. The molecule has 1 aliphatic heterocycles. The molecular formula is C19H33IN4. The first kappa shape index (κ1) is 21.2. The van der Waals surface area contributed by atoms with Gasteiger partial charge in [0.1, 0.15) is 0 Å². The summed E-state index contributed by atoms with van der Waals surface area (Å²) in [6.07, 6.45) is 3.78. The van der Waals surface area contributed by atoms with E-state index in [1.165, 1.54) is 31.5 Å². The molecule has 136 valence electrons. The lowest BCUT2D eigenvalue weighted by molar-refractivity contribution is 0.245. The Kier molecular flexibility index (Phi) is 10.3. The number of benzene rings is 1. The molecule has 1 aliphatic rings. The van der Waals surface area contributed by atoms with Crippen molar-refractivity contribution in [3.63, 3.8) is 0 Å². The second-order valence-electron chi connectivity index (χ2n) is 6.73. The summed E-state index contributed by atoms with van der Waals surface area (Å²) in [4.78, 5) is 6.94. The van der Waals surface area contributed by atoms with Crippen molar-refractivity contribution in [2.24, 2.45) is 10.9 Å². The molecule has 0 saturated carbocycles. The van der Waals surface area contributed by atoms with Crippen LogP contribution < -0.4 is 10.6 Å². The SMILES string of the molecule is CN=C(NCCC(C)C)NCC(c1ccccc1)N1CCCC1.I. The Morgan fingerprint density at radius 3 is 2.38 bits per heavy atom. The Morgan fingerprint density at radius 2 is 1.79 bits per heavy atom. The number of guanidine groups is 1. The van der Waals surface area contributed by atoms with E-state index >= 15 is 0 Å². The number of halogens is 1. The minimum absolute atomic E-state index is 0. The van der Waals surface area contributed by atoms with Crippen LogP contribution in [-0.2, 0) is 0 Å². The van der Waals surface area contributed by atoms with Gasteiger partial charge in [-0.05, 0) is 43.8 Å². The molecule has 0 amide bonds. The van der Waals surface area contributed by atoms with Gasteiger partial charge in [0.2, 0.25) is 0 Å². The van der Waals surface area contributed by atoms with E-state index in [2.05, 4.69) is 64.7 Å². The van der Waals surface area contributed by atoms with Crippen LogP contribution in [0.25, 0.3) is 0 Å². The Morgan fingerprint density at radius 1 is 1.12 bits per heavy atom. The molecule has 24 heavy (non-hydrogen) atoms. The molecule has 1 atom stereocenters. The number of nitrogens with one attached hydrogen (secondary N) is 2. The van der Waals surface area contributed by atoms with Gasteiger partial charge in [0.05, 0.1) is 6.04 Å². The Labute approximate surface area is 164 Å². The first-order chi connectivity index (χ1) is 11.2. The fourth-order valence-electron chi connectivity index (χ4n) is 3.08. The number of nitrogens with zero attached hydrogens (tertiary/aromatic N) is 2. The van der Waals surface area contributed by atoms with Crippen LogP contribution in [-0.4, -0.2) is 44.1 Å². The molecule has 0 bridgehead atoms. The zero-order valence-electron chi connectivity index (χ0n) is 15.3. The summed E-state index contributed by atoms with van der Waals surface area (Å²) in [6, 6.07) is 11.2. The number of hydrogen-bond donors (Lipinski definition) is 2. The van der Waals surface area contributed by atoms with Crippen molar-refractivity contribution in [2.75, 3.05) is 33.2 Å². The Balaban J connectivity index is 0.00000288. The molecule has 1 unspecified atom stereocenters. The standard InChI is InChI=1S/C19H32N4.HI/c1-16(2)11-12-21-19(20-3)22-15-18(23-13-7-8-14-23)17-9-5-4-6-10-17;/h4-6,9-10,16,18H,7-8,11-15H2,1-3H3,(H2,20,21,22);1H. The van der Waals surface area contributed by atoms with Crippen LogP contribution in [0.15, 0.2) is 35.3 Å². The minimum Gasteiger partial charge on any atom is -0.356 e. The van der Waals surface area contributed by atoms with Gasteiger partial charge in [0.15, 0.2) is 5.96 Å². The van der Waals surface area contributed by atoms with Crippen LogP contribution in [0.3, 0.4) is 0 Å². The van der Waals surface area contributed by atoms with Crippen LogP contribution >= 0.6 is 24.0 Å². The summed E-state index contributed by atoms with van der Waals surface area (Å²) in [5, 5.41) is 6.93. The predicted molar refractivity (Wildman–Crippen MR) is 114 cm³/mol. The Hall–Kier alpha value is -0.820. The van der Waals surface area contributed by atoms with Crippen LogP contribution in [0.2, 0.25) is 0 Å². The average Bonchev–Trinajstić information content (AvgIpc) is 3.08. The molecule has 1 heterocycles. The highest BCUT2D eigenvalue weighted by Gasteiger charge is 2.23. The van der Waals surface area contributed by atoms with Gasteiger partial charge in [-0.1, -0.05) is 44.2 Å². The van der Waals surface area contributed by atoms with E-state index in [1.807, 2.05) is 7.05 Å². The third kappa shape index (κ3) is 6.97. The quantitative estimate of drug-likeness (QED) is 0.383. The lowest BCUT2D eigenvalue weighted by Gasteiger charge is -2.29. The summed E-state index contributed by atoms with van der Waals surface area (Å²) in [5.41, 5.74) is 1.39. The zero-order valence-corrected chi connectivity index (χ0v) is 17.6. The zero-order chi connectivity index (χ0) is 16.5. The fraction of sp³-hybridized carbons (Fsp3) is 0.632. The summed E-state index contributed by atoms with van der Waals surface area (Å²) in [6.45, 7) is 8.75. The van der Waals surface area contributed by atoms with E-state index in [0.717, 1.165) is 25.5 Å². The highest BCUT2D eigenvalue weighted by atomic mass is 127. The van der Waals surface area contributed by atoms with Crippen LogP contribution in [0.1, 0.15) is 44.7 Å². The molecule has 2 rings (SSSR count). The number of hydrogen-bond acceptors (Lipinski definition) is 2. The number of aliphatic imine (C=N–C) groups is 1.